The minimum absolute atomic E-state index is 0.250. The van der Waals surface area contributed by atoms with Gasteiger partial charge in [-0.25, -0.2) is 0 Å². The Morgan fingerprint density at radius 3 is 2.07 bits per heavy atom. The molecule has 3 unspecified atom stereocenters. The van der Waals surface area contributed by atoms with Gasteiger partial charge in [-0.05, 0) is 56.8 Å². The largest absolute Gasteiger partial charge is 0.397 e. The molecule has 4 N–H and O–H groups in total. The summed E-state index contributed by atoms with van der Waals surface area (Å²) in [6.45, 7) is 1.93. The van der Waals surface area contributed by atoms with Gasteiger partial charge in [-0.15, -0.1) is 0 Å². The van der Waals surface area contributed by atoms with Crippen LogP contribution in [0.5, 0.6) is 0 Å². The van der Waals surface area contributed by atoms with E-state index in [9.17, 15) is 5.11 Å². The quantitative estimate of drug-likeness (QED) is 0.559. The first-order valence-corrected chi connectivity index (χ1v) is 6.17. The molecule has 4 rings (SSSR count). The highest BCUT2D eigenvalue weighted by molar-refractivity contribution is 5.06. The van der Waals surface area contributed by atoms with Gasteiger partial charge in [0.1, 0.15) is 0 Å². The number of nitrogens with two attached hydrogens (primary N) is 1. The van der Waals surface area contributed by atoms with Crippen molar-refractivity contribution < 1.29 is 10.2 Å². The van der Waals surface area contributed by atoms with Crippen LogP contribution in [0.4, 0.5) is 0 Å². The maximum atomic E-state index is 10.2. The molecular weight excluding hydrogens is 190 g/mol. The summed E-state index contributed by atoms with van der Waals surface area (Å²) in [7, 11) is 0. The molecular formula is C12H23NO2. The van der Waals surface area contributed by atoms with Gasteiger partial charge in [-0.1, -0.05) is 0 Å². The Bertz CT molecular complexity index is 216. The predicted molar refractivity (Wildman–Crippen MR) is 59.2 cm³/mol. The van der Waals surface area contributed by atoms with Crippen LogP contribution in [0.15, 0.2) is 0 Å². The Morgan fingerprint density at radius 1 is 1.20 bits per heavy atom. The highest BCUT2D eigenvalue weighted by atomic mass is 16.3. The summed E-state index contributed by atoms with van der Waals surface area (Å²) in [6.07, 6.45) is 5.62. The Hall–Kier alpha value is -0.120. The van der Waals surface area contributed by atoms with Crippen LogP contribution in [-0.4, -0.2) is 28.5 Å². The molecule has 4 aliphatic rings. The third-order valence-electron chi connectivity index (χ3n) is 4.31. The van der Waals surface area contributed by atoms with Crippen molar-refractivity contribution in [3.05, 3.63) is 0 Å². The van der Waals surface area contributed by atoms with Gasteiger partial charge in [-0.2, -0.15) is 0 Å². The standard InChI is InChI=1S/C10H17NO.C2H6O/c11-9-7-1-6-2-8(9)5-10(12,3-6)4-7;1-2-3/h6-9,12H,1-5,11H2;3H,2H2,1H3/t6?,7-,8+,9?,10?;. The molecule has 0 amide bonds. The monoisotopic (exact) mass is 213 g/mol. The molecule has 0 aliphatic heterocycles. The van der Waals surface area contributed by atoms with E-state index >= 15 is 0 Å². The lowest BCUT2D eigenvalue weighted by atomic mass is 9.52. The number of hydrogen-bond acceptors (Lipinski definition) is 3. The van der Waals surface area contributed by atoms with E-state index in [1.54, 1.807) is 6.92 Å². The van der Waals surface area contributed by atoms with Crippen molar-refractivity contribution in [1.29, 1.82) is 0 Å². The highest BCUT2D eigenvalue weighted by Crippen LogP contribution is 2.54. The molecule has 0 spiro atoms. The zero-order chi connectivity index (χ0) is 11.1. The molecule has 0 radical (unpaired) electrons. The molecule has 0 saturated heterocycles. The second-order valence-electron chi connectivity index (χ2n) is 5.59. The van der Waals surface area contributed by atoms with E-state index in [2.05, 4.69) is 0 Å². The van der Waals surface area contributed by atoms with Crippen LogP contribution in [0, 0.1) is 17.8 Å². The van der Waals surface area contributed by atoms with E-state index in [4.69, 9.17) is 10.8 Å². The van der Waals surface area contributed by atoms with E-state index in [0.29, 0.717) is 17.9 Å². The Balaban J connectivity index is 0.000000258. The van der Waals surface area contributed by atoms with Crippen molar-refractivity contribution in [1.82, 2.24) is 0 Å². The van der Waals surface area contributed by atoms with Crippen LogP contribution in [0.3, 0.4) is 0 Å². The molecule has 4 bridgehead atoms. The van der Waals surface area contributed by atoms with Gasteiger partial charge >= 0.3 is 0 Å². The van der Waals surface area contributed by atoms with Crippen molar-refractivity contribution in [3.8, 4) is 0 Å². The molecule has 4 fully saturated rings. The molecule has 0 aromatic heterocycles. The number of aliphatic hydroxyl groups is 2. The lowest BCUT2D eigenvalue weighted by molar-refractivity contribution is -0.132. The maximum absolute atomic E-state index is 10.2. The Labute approximate surface area is 91.7 Å². The molecule has 0 heterocycles. The molecule has 88 valence electrons. The topological polar surface area (TPSA) is 66.5 Å². The van der Waals surface area contributed by atoms with Crippen molar-refractivity contribution in [2.24, 2.45) is 23.5 Å². The van der Waals surface area contributed by atoms with Crippen LogP contribution in [0.1, 0.15) is 39.0 Å². The normalized spacial score (nSPS) is 51.2. The third-order valence-corrected chi connectivity index (χ3v) is 4.31. The first kappa shape index (κ1) is 11.4. The van der Waals surface area contributed by atoms with Crippen molar-refractivity contribution in [2.45, 2.75) is 50.7 Å². The van der Waals surface area contributed by atoms with E-state index in [-0.39, 0.29) is 12.2 Å². The van der Waals surface area contributed by atoms with Crippen LogP contribution in [-0.2, 0) is 0 Å². The summed E-state index contributed by atoms with van der Waals surface area (Å²) in [5.74, 6) is 2.08. The summed E-state index contributed by atoms with van der Waals surface area (Å²) in [5, 5.41) is 17.7. The van der Waals surface area contributed by atoms with Gasteiger partial charge in [0, 0.05) is 12.6 Å². The summed E-state index contributed by atoms with van der Waals surface area (Å²) in [5.41, 5.74) is 5.82. The fraction of sp³-hybridized carbons (Fsp3) is 1.00. The van der Waals surface area contributed by atoms with E-state index < -0.39 is 0 Å². The lowest BCUT2D eigenvalue weighted by Crippen LogP contribution is -2.59. The van der Waals surface area contributed by atoms with Gasteiger partial charge in [0.05, 0.1) is 5.60 Å². The van der Waals surface area contributed by atoms with E-state index in [0.717, 1.165) is 25.2 Å². The van der Waals surface area contributed by atoms with Crippen LogP contribution in [0.25, 0.3) is 0 Å². The van der Waals surface area contributed by atoms with Crippen LogP contribution < -0.4 is 5.73 Å². The third kappa shape index (κ3) is 2.05. The fourth-order valence-corrected chi connectivity index (χ4v) is 4.02. The average molecular weight is 213 g/mol. The molecule has 4 saturated carbocycles. The van der Waals surface area contributed by atoms with Crippen LogP contribution >= 0.6 is 0 Å². The van der Waals surface area contributed by atoms with Crippen molar-refractivity contribution >= 4 is 0 Å². The van der Waals surface area contributed by atoms with Gasteiger partial charge < -0.3 is 15.9 Å². The van der Waals surface area contributed by atoms with Gasteiger partial charge in [-0.3, -0.25) is 0 Å². The molecule has 3 heteroatoms. The average Bonchev–Trinajstić information content (AvgIpc) is 2.12. The molecule has 5 atom stereocenters. The van der Waals surface area contributed by atoms with E-state index in [1.165, 1.54) is 12.8 Å². The van der Waals surface area contributed by atoms with Crippen molar-refractivity contribution in [3.63, 3.8) is 0 Å². The number of aliphatic hydroxyl groups excluding tert-OH is 1. The first-order chi connectivity index (χ1) is 7.08. The molecule has 0 aromatic carbocycles. The number of hydrogen-bond donors (Lipinski definition) is 3. The fourth-order valence-electron chi connectivity index (χ4n) is 4.02. The van der Waals surface area contributed by atoms with Gasteiger partial charge in [0.15, 0.2) is 0 Å². The Kier molecular flexibility index (Phi) is 3.06. The SMILES string of the molecule is CCO.NC1[C@@H]2CC3C[C@H]1CC(O)(C3)C2. The summed E-state index contributed by atoms with van der Waals surface area (Å²) in [6, 6.07) is 0.404. The lowest BCUT2D eigenvalue weighted by Gasteiger charge is -2.57. The van der Waals surface area contributed by atoms with Gasteiger partial charge in [0.2, 0.25) is 0 Å². The highest BCUT2D eigenvalue weighted by Gasteiger charge is 2.53. The number of rotatable bonds is 0. The zero-order valence-corrected chi connectivity index (χ0v) is 9.52. The predicted octanol–water partition coefficient (Wildman–Crippen LogP) is 0.883. The molecule has 15 heavy (non-hydrogen) atoms. The summed E-state index contributed by atoms with van der Waals surface area (Å²) < 4.78 is 0. The summed E-state index contributed by atoms with van der Waals surface area (Å²) in [4.78, 5) is 0. The Morgan fingerprint density at radius 2 is 1.67 bits per heavy atom. The zero-order valence-electron chi connectivity index (χ0n) is 9.52. The first-order valence-electron chi connectivity index (χ1n) is 6.17. The minimum atomic E-state index is -0.299. The second-order valence-corrected chi connectivity index (χ2v) is 5.59. The molecule has 0 aromatic rings. The molecule has 3 nitrogen and oxygen atoms in total. The smallest absolute Gasteiger partial charge is 0.0657 e. The van der Waals surface area contributed by atoms with Gasteiger partial charge in [0.25, 0.3) is 0 Å². The van der Waals surface area contributed by atoms with E-state index in [1.807, 2.05) is 0 Å². The summed E-state index contributed by atoms with van der Waals surface area (Å²) >= 11 is 0. The maximum Gasteiger partial charge on any atom is 0.0657 e. The van der Waals surface area contributed by atoms with Crippen LogP contribution in [0.2, 0.25) is 0 Å². The second kappa shape index (κ2) is 4.04. The molecule has 4 aliphatic carbocycles. The minimum Gasteiger partial charge on any atom is -0.397 e. The van der Waals surface area contributed by atoms with Crippen molar-refractivity contribution in [2.75, 3.05) is 6.61 Å².